The number of aromatic amines is 1. The second-order valence-corrected chi connectivity index (χ2v) is 5.28. The number of imidazole rings is 1. The van der Waals surface area contributed by atoms with Crippen molar-refractivity contribution in [1.29, 1.82) is 0 Å². The average molecular weight is 347 g/mol. The zero-order chi connectivity index (χ0) is 17.1. The number of nitro benzene ring substituents is 1. The summed E-state index contributed by atoms with van der Waals surface area (Å²) >= 11 is 5.77. The number of hydrogen-bond donors (Lipinski definition) is 2. The fraction of sp³-hybridized carbons (Fsp3) is 0.0667. The molecule has 0 spiro atoms. The van der Waals surface area contributed by atoms with Gasteiger partial charge in [-0.2, -0.15) is 4.98 Å². The fourth-order valence-electron chi connectivity index (χ4n) is 2.02. The minimum Gasteiger partial charge on any atom is -0.455 e. The summed E-state index contributed by atoms with van der Waals surface area (Å²) < 4.78 is 5.27. The Morgan fingerprint density at radius 3 is 2.75 bits per heavy atom. The molecule has 0 aliphatic rings. The normalized spacial score (nSPS) is 10.5. The highest BCUT2D eigenvalue weighted by Crippen LogP contribution is 2.21. The Bertz CT molecular complexity index is 907. The Morgan fingerprint density at radius 1 is 1.29 bits per heavy atom. The van der Waals surface area contributed by atoms with Crippen molar-refractivity contribution in [2.45, 2.75) is 0 Å². The van der Waals surface area contributed by atoms with Crippen molar-refractivity contribution in [2.24, 2.45) is 0 Å². The number of carbonyl (C=O) groups is 1. The molecule has 1 aromatic heterocycles. The third-order valence-corrected chi connectivity index (χ3v) is 3.37. The molecule has 1 heterocycles. The number of fused-ring (bicyclic) bond motifs is 1. The molecule has 0 bridgehead atoms. The van der Waals surface area contributed by atoms with E-state index in [4.69, 9.17) is 16.3 Å². The van der Waals surface area contributed by atoms with E-state index in [-0.39, 0.29) is 24.2 Å². The molecule has 0 saturated carbocycles. The smallest absolute Gasteiger partial charge is 0.295 e. The van der Waals surface area contributed by atoms with Crippen LogP contribution in [-0.4, -0.2) is 27.4 Å². The van der Waals surface area contributed by atoms with Gasteiger partial charge in [0.05, 0.1) is 16.0 Å². The number of H-pyrrole nitrogens is 1. The van der Waals surface area contributed by atoms with E-state index < -0.39 is 4.92 Å². The third kappa shape index (κ3) is 3.61. The molecule has 0 aliphatic carbocycles. The number of hydrogen-bond acceptors (Lipinski definition) is 5. The average Bonchev–Trinajstić information content (AvgIpc) is 2.97. The van der Waals surface area contributed by atoms with Gasteiger partial charge in [-0.3, -0.25) is 14.9 Å². The van der Waals surface area contributed by atoms with Gasteiger partial charge in [0.1, 0.15) is 0 Å². The lowest BCUT2D eigenvalue weighted by atomic mass is 10.3. The molecule has 0 radical (unpaired) electrons. The number of anilines is 1. The lowest BCUT2D eigenvalue weighted by Gasteiger charge is -2.05. The quantitative estimate of drug-likeness (QED) is 0.544. The number of non-ortho nitro benzene ring substituents is 1. The summed E-state index contributed by atoms with van der Waals surface area (Å²) in [6.45, 7) is -0.259. The minimum atomic E-state index is -0.500. The Morgan fingerprint density at radius 2 is 2.04 bits per heavy atom. The third-order valence-electron chi connectivity index (χ3n) is 3.12. The largest absolute Gasteiger partial charge is 0.455 e. The Kier molecular flexibility index (Phi) is 4.30. The molecule has 0 saturated heterocycles. The Hall–Kier alpha value is -3.13. The highest BCUT2D eigenvalue weighted by Gasteiger charge is 2.11. The van der Waals surface area contributed by atoms with Crippen LogP contribution in [0.15, 0.2) is 42.5 Å². The number of nitrogens with zero attached hydrogens (tertiary/aromatic N) is 2. The summed E-state index contributed by atoms with van der Waals surface area (Å²) in [6, 6.07) is 11.0. The first-order valence-corrected chi connectivity index (χ1v) is 7.21. The van der Waals surface area contributed by atoms with Crippen LogP contribution in [0.25, 0.3) is 11.0 Å². The number of carbonyl (C=O) groups excluding carboxylic acids is 1. The number of nitrogens with one attached hydrogen (secondary N) is 2. The van der Waals surface area contributed by atoms with E-state index in [1.807, 2.05) is 0 Å². The van der Waals surface area contributed by atoms with E-state index in [1.54, 1.807) is 24.3 Å². The van der Waals surface area contributed by atoms with Crippen LogP contribution >= 0.6 is 11.6 Å². The van der Waals surface area contributed by atoms with Gasteiger partial charge in [0.2, 0.25) is 0 Å². The zero-order valence-electron chi connectivity index (χ0n) is 12.2. The van der Waals surface area contributed by atoms with Crippen molar-refractivity contribution in [1.82, 2.24) is 9.97 Å². The van der Waals surface area contributed by atoms with Gasteiger partial charge in [0.15, 0.2) is 6.61 Å². The summed E-state index contributed by atoms with van der Waals surface area (Å²) in [4.78, 5) is 29.0. The molecule has 3 rings (SSSR count). The van der Waals surface area contributed by atoms with E-state index in [2.05, 4.69) is 15.3 Å². The second kappa shape index (κ2) is 6.55. The van der Waals surface area contributed by atoms with Crippen LogP contribution in [0.5, 0.6) is 6.01 Å². The first-order chi connectivity index (χ1) is 11.5. The zero-order valence-corrected chi connectivity index (χ0v) is 12.9. The summed E-state index contributed by atoms with van der Waals surface area (Å²) in [5, 5.41) is 14.0. The molecule has 0 unspecified atom stereocenters. The molecule has 24 heavy (non-hydrogen) atoms. The van der Waals surface area contributed by atoms with E-state index >= 15 is 0 Å². The summed E-state index contributed by atoms with van der Waals surface area (Å²) in [7, 11) is 0. The first kappa shape index (κ1) is 15.8. The van der Waals surface area contributed by atoms with Gasteiger partial charge in [0.25, 0.3) is 17.6 Å². The predicted octanol–water partition coefficient (Wildman–Crippen LogP) is 3.14. The van der Waals surface area contributed by atoms with Crippen molar-refractivity contribution in [3.05, 3.63) is 57.6 Å². The number of aromatic nitrogens is 2. The van der Waals surface area contributed by atoms with Crippen molar-refractivity contribution >= 4 is 39.9 Å². The molecule has 8 nitrogen and oxygen atoms in total. The van der Waals surface area contributed by atoms with Gasteiger partial charge in [-0.1, -0.05) is 11.6 Å². The van der Waals surface area contributed by atoms with Crippen LogP contribution in [-0.2, 0) is 4.79 Å². The maximum absolute atomic E-state index is 11.8. The second-order valence-electron chi connectivity index (χ2n) is 4.84. The standard InChI is InChI=1S/C15H11ClN4O4/c16-9-1-3-10(4-2-9)17-14(21)8-24-15-18-12-6-5-11(20(22)23)7-13(12)19-15/h1-7H,8H2,(H,17,21)(H,18,19). The SMILES string of the molecule is O=C(COc1nc2ccc([N+](=O)[O-])cc2[nH]1)Nc1ccc(Cl)cc1. The summed E-state index contributed by atoms with van der Waals surface area (Å²) in [5.74, 6) is -0.372. The maximum Gasteiger partial charge on any atom is 0.295 e. The fourth-order valence-corrected chi connectivity index (χ4v) is 2.15. The molecule has 2 N–H and O–H groups in total. The van der Waals surface area contributed by atoms with Crippen molar-refractivity contribution in [3.63, 3.8) is 0 Å². The van der Waals surface area contributed by atoms with Gasteiger partial charge >= 0.3 is 0 Å². The molecule has 9 heteroatoms. The first-order valence-electron chi connectivity index (χ1n) is 6.83. The highest BCUT2D eigenvalue weighted by molar-refractivity contribution is 6.30. The lowest BCUT2D eigenvalue weighted by molar-refractivity contribution is -0.384. The molecular formula is C15H11ClN4O4. The number of rotatable bonds is 5. The molecule has 1 amide bonds. The van der Waals surface area contributed by atoms with Crippen LogP contribution in [0.4, 0.5) is 11.4 Å². The molecule has 122 valence electrons. The maximum atomic E-state index is 11.8. The van der Waals surface area contributed by atoms with Gasteiger partial charge in [-0.15, -0.1) is 0 Å². The topological polar surface area (TPSA) is 110 Å². The van der Waals surface area contributed by atoms with Gasteiger partial charge in [0, 0.05) is 22.8 Å². The minimum absolute atomic E-state index is 0.0572. The molecule has 3 aromatic rings. The molecule has 0 atom stereocenters. The van der Waals surface area contributed by atoms with Gasteiger partial charge in [-0.25, -0.2) is 0 Å². The van der Waals surface area contributed by atoms with Gasteiger partial charge in [-0.05, 0) is 30.3 Å². The van der Waals surface area contributed by atoms with Crippen molar-refractivity contribution in [2.75, 3.05) is 11.9 Å². The van der Waals surface area contributed by atoms with Crippen LogP contribution in [0, 0.1) is 10.1 Å². The van der Waals surface area contributed by atoms with Crippen LogP contribution < -0.4 is 10.1 Å². The molecule has 2 aromatic carbocycles. The highest BCUT2D eigenvalue weighted by atomic mass is 35.5. The number of benzene rings is 2. The Balaban J connectivity index is 1.63. The molecule has 0 aliphatic heterocycles. The monoisotopic (exact) mass is 346 g/mol. The number of halogens is 1. The summed E-state index contributed by atoms with van der Waals surface area (Å²) in [5.41, 5.74) is 1.50. The van der Waals surface area contributed by atoms with Crippen LogP contribution in [0.1, 0.15) is 0 Å². The van der Waals surface area contributed by atoms with E-state index in [9.17, 15) is 14.9 Å². The number of nitro groups is 1. The van der Waals surface area contributed by atoms with Gasteiger partial charge < -0.3 is 15.0 Å². The van der Waals surface area contributed by atoms with E-state index in [0.717, 1.165) is 0 Å². The van der Waals surface area contributed by atoms with Crippen LogP contribution in [0.2, 0.25) is 5.02 Å². The number of ether oxygens (including phenoxy) is 1. The van der Waals surface area contributed by atoms with E-state index in [0.29, 0.717) is 21.7 Å². The summed E-state index contributed by atoms with van der Waals surface area (Å²) in [6.07, 6.45) is 0. The van der Waals surface area contributed by atoms with Crippen molar-refractivity contribution < 1.29 is 14.5 Å². The lowest BCUT2D eigenvalue weighted by Crippen LogP contribution is -2.20. The number of amides is 1. The molecule has 0 fully saturated rings. The predicted molar refractivity (Wildman–Crippen MR) is 88.3 cm³/mol. The Labute approximate surface area is 140 Å². The van der Waals surface area contributed by atoms with E-state index in [1.165, 1.54) is 18.2 Å². The van der Waals surface area contributed by atoms with Crippen LogP contribution in [0.3, 0.4) is 0 Å². The molecular weight excluding hydrogens is 336 g/mol. The van der Waals surface area contributed by atoms with Crippen molar-refractivity contribution in [3.8, 4) is 6.01 Å².